The first-order valence-electron chi connectivity index (χ1n) is 11.3. The van der Waals surface area contributed by atoms with E-state index in [1.807, 2.05) is 94.8 Å². The molecule has 6 aromatic rings. The molecule has 0 saturated carbocycles. The fraction of sp³-hybridized carbons (Fsp3) is 0.107. The fourth-order valence-electron chi connectivity index (χ4n) is 4.65. The second-order valence-corrected chi connectivity index (χ2v) is 8.29. The smallest absolute Gasteiger partial charge is 0.308 e. The summed E-state index contributed by atoms with van der Waals surface area (Å²) < 4.78 is 15.3. The quantitative estimate of drug-likeness (QED) is 0.313. The lowest BCUT2D eigenvalue weighted by Gasteiger charge is -2.12. The van der Waals surface area contributed by atoms with Crippen LogP contribution in [0.25, 0.3) is 44.7 Å². The minimum absolute atomic E-state index is 0.411. The van der Waals surface area contributed by atoms with Crippen LogP contribution in [0.15, 0.2) is 78.9 Å². The summed E-state index contributed by atoms with van der Waals surface area (Å²) >= 11 is 0. The Hall–Kier alpha value is -4.65. The number of fused-ring (bicyclic) bond motifs is 5. The van der Waals surface area contributed by atoms with Gasteiger partial charge in [-0.2, -0.15) is 0 Å². The third-order valence-electron chi connectivity index (χ3n) is 6.10. The Balaban J connectivity index is 1.83. The molecule has 0 amide bonds. The Labute approximate surface area is 201 Å². The zero-order chi connectivity index (χ0) is 24.1. The van der Waals surface area contributed by atoms with Gasteiger partial charge >= 0.3 is 5.97 Å². The number of nitrogens with zero attached hydrogens (tertiary/aromatic N) is 4. The molecule has 6 rings (SSSR count). The van der Waals surface area contributed by atoms with Crippen LogP contribution >= 0.6 is 0 Å². The molecule has 0 saturated heterocycles. The third-order valence-corrected chi connectivity index (χ3v) is 6.10. The van der Waals surface area contributed by atoms with Gasteiger partial charge in [0.05, 0.1) is 23.8 Å². The molecule has 0 fully saturated rings. The molecule has 0 aliphatic rings. The van der Waals surface area contributed by atoms with Gasteiger partial charge in [-0.1, -0.05) is 42.5 Å². The van der Waals surface area contributed by atoms with Crippen molar-refractivity contribution in [1.82, 2.24) is 18.9 Å². The average Bonchev–Trinajstić information content (AvgIpc) is 3.40. The summed E-state index contributed by atoms with van der Waals surface area (Å²) in [6, 6.07) is 25.5. The minimum atomic E-state index is -0.411. The van der Waals surface area contributed by atoms with Gasteiger partial charge in [0.1, 0.15) is 17.0 Å². The molecule has 172 valence electrons. The number of aryl methyl sites for hydroxylation is 1. The van der Waals surface area contributed by atoms with Crippen molar-refractivity contribution in [2.75, 3.05) is 7.11 Å². The van der Waals surface area contributed by atoms with Crippen LogP contribution in [-0.4, -0.2) is 32.0 Å². The lowest BCUT2D eigenvalue weighted by Crippen LogP contribution is -2.03. The first-order valence-corrected chi connectivity index (χ1v) is 11.3. The Kier molecular flexibility index (Phi) is 4.77. The van der Waals surface area contributed by atoms with E-state index in [0.29, 0.717) is 22.4 Å². The number of para-hydroxylation sites is 2. The van der Waals surface area contributed by atoms with Gasteiger partial charge in [-0.15, -0.1) is 0 Å². The Morgan fingerprint density at radius 1 is 0.857 bits per heavy atom. The molecule has 7 nitrogen and oxygen atoms in total. The zero-order valence-corrected chi connectivity index (χ0v) is 19.5. The van der Waals surface area contributed by atoms with Gasteiger partial charge in [0.2, 0.25) is 0 Å². The number of esters is 1. The highest BCUT2D eigenvalue weighted by Crippen LogP contribution is 2.44. The van der Waals surface area contributed by atoms with Crippen LogP contribution in [0.3, 0.4) is 0 Å². The Morgan fingerprint density at radius 2 is 1.57 bits per heavy atom. The van der Waals surface area contributed by atoms with E-state index in [-0.39, 0.29) is 0 Å². The maximum Gasteiger partial charge on any atom is 0.308 e. The number of ether oxygens (including phenoxy) is 2. The summed E-state index contributed by atoms with van der Waals surface area (Å²) in [6.07, 6.45) is 0. The summed E-state index contributed by atoms with van der Waals surface area (Å²) in [7, 11) is 1.64. The van der Waals surface area contributed by atoms with E-state index in [1.54, 1.807) is 7.11 Å². The lowest BCUT2D eigenvalue weighted by atomic mass is 10.1. The number of hydrogen-bond donors (Lipinski definition) is 0. The number of carbonyl (C=O) groups excluding carboxylic acids is 1. The lowest BCUT2D eigenvalue weighted by molar-refractivity contribution is -0.131. The Morgan fingerprint density at radius 3 is 2.29 bits per heavy atom. The molecule has 7 heteroatoms. The topological polar surface area (TPSA) is 70.7 Å². The number of methoxy groups -OCH3 is 1. The number of hydrogen-bond acceptors (Lipinski definition) is 5. The van der Waals surface area contributed by atoms with Gasteiger partial charge in [0, 0.05) is 18.2 Å². The second kappa shape index (κ2) is 7.99. The predicted molar refractivity (Wildman–Crippen MR) is 135 cm³/mol. The molecule has 0 radical (unpaired) electrons. The van der Waals surface area contributed by atoms with Crippen LogP contribution < -0.4 is 9.47 Å². The molecule has 0 aliphatic heterocycles. The van der Waals surface area contributed by atoms with E-state index >= 15 is 0 Å². The Bertz CT molecular complexity index is 1730. The number of rotatable bonds is 4. The molecule has 3 aromatic heterocycles. The number of carbonyl (C=O) groups is 1. The average molecular weight is 463 g/mol. The minimum Gasteiger partial charge on any atom is -0.497 e. The highest BCUT2D eigenvalue weighted by Gasteiger charge is 2.27. The van der Waals surface area contributed by atoms with Crippen LogP contribution in [-0.2, 0) is 4.79 Å². The molecule has 0 N–H and O–H groups in total. The van der Waals surface area contributed by atoms with Gasteiger partial charge in [0.25, 0.3) is 0 Å². The summed E-state index contributed by atoms with van der Waals surface area (Å²) in [5.74, 6) is 1.55. The number of imidazole rings is 1. The molecule has 0 aliphatic carbocycles. The van der Waals surface area contributed by atoms with Crippen LogP contribution in [0.5, 0.6) is 11.5 Å². The fourth-order valence-corrected chi connectivity index (χ4v) is 4.65. The van der Waals surface area contributed by atoms with Crippen LogP contribution in [0.1, 0.15) is 12.7 Å². The largest absolute Gasteiger partial charge is 0.497 e. The van der Waals surface area contributed by atoms with E-state index in [2.05, 4.69) is 0 Å². The summed E-state index contributed by atoms with van der Waals surface area (Å²) in [5.41, 5.74) is 5.62. The van der Waals surface area contributed by atoms with E-state index in [0.717, 1.165) is 39.6 Å². The van der Waals surface area contributed by atoms with E-state index in [9.17, 15) is 4.79 Å². The van der Waals surface area contributed by atoms with Crippen LogP contribution in [0.2, 0.25) is 0 Å². The van der Waals surface area contributed by atoms with Crippen LogP contribution in [0, 0.1) is 6.92 Å². The standard InChI is InChI=1S/C28H22N4O3/c1-17-29-27-24(28-30-22-11-7-8-12-23(22)31(17)28)26(35-18(2)33)25(19-9-5-4-6-10-19)32(27)20-13-15-21(34-3)16-14-20/h4-16H,1-3H3. The normalized spacial score (nSPS) is 11.4. The van der Waals surface area contributed by atoms with Crippen molar-refractivity contribution in [2.45, 2.75) is 13.8 Å². The van der Waals surface area contributed by atoms with Gasteiger partial charge in [-0.25, -0.2) is 9.97 Å². The maximum absolute atomic E-state index is 12.3. The molecule has 3 heterocycles. The molecular formula is C28H22N4O3. The highest BCUT2D eigenvalue weighted by molar-refractivity contribution is 6.06. The van der Waals surface area contributed by atoms with Crippen molar-refractivity contribution in [3.05, 3.63) is 84.7 Å². The van der Waals surface area contributed by atoms with Gasteiger partial charge in [0.15, 0.2) is 17.0 Å². The van der Waals surface area contributed by atoms with Crippen molar-refractivity contribution in [2.24, 2.45) is 0 Å². The molecule has 0 spiro atoms. The molecule has 3 aromatic carbocycles. The first kappa shape index (κ1) is 20.9. The molecule has 35 heavy (non-hydrogen) atoms. The molecular weight excluding hydrogens is 440 g/mol. The first-order chi connectivity index (χ1) is 17.1. The number of benzene rings is 3. The van der Waals surface area contributed by atoms with Crippen molar-refractivity contribution >= 4 is 33.7 Å². The van der Waals surface area contributed by atoms with Crippen molar-refractivity contribution in [3.63, 3.8) is 0 Å². The van der Waals surface area contributed by atoms with Crippen LogP contribution in [0.4, 0.5) is 0 Å². The summed E-state index contributed by atoms with van der Waals surface area (Å²) in [4.78, 5) is 22.3. The van der Waals surface area contributed by atoms with E-state index in [1.165, 1.54) is 6.92 Å². The van der Waals surface area contributed by atoms with Gasteiger partial charge in [-0.05, 0) is 43.3 Å². The highest BCUT2D eigenvalue weighted by atomic mass is 16.5. The zero-order valence-electron chi connectivity index (χ0n) is 19.5. The van der Waals surface area contributed by atoms with Crippen molar-refractivity contribution < 1.29 is 14.3 Å². The van der Waals surface area contributed by atoms with E-state index in [4.69, 9.17) is 19.4 Å². The van der Waals surface area contributed by atoms with Gasteiger partial charge < -0.3 is 9.47 Å². The molecule has 0 bridgehead atoms. The second-order valence-electron chi connectivity index (χ2n) is 8.29. The van der Waals surface area contributed by atoms with E-state index < -0.39 is 5.97 Å². The predicted octanol–water partition coefficient (Wildman–Crippen LogP) is 5.74. The van der Waals surface area contributed by atoms with Crippen molar-refractivity contribution in [1.29, 1.82) is 0 Å². The molecule has 0 atom stereocenters. The molecule has 0 unspecified atom stereocenters. The van der Waals surface area contributed by atoms with Gasteiger partial charge in [-0.3, -0.25) is 13.8 Å². The van der Waals surface area contributed by atoms with Crippen molar-refractivity contribution in [3.8, 4) is 28.4 Å². The SMILES string of the molecule is COc1ccc(-n2c(-c3ccccc3)c(OC(C)=O)c3c2nc(C)n2c4ccccc4nc32)cc1. The summed E-state index contributed by atoms with van der Waals surface area (Å²) in [6.45, 7) is 3.37. The summed E-state index contributed by atoms with van der Waals surface area (Å²) in [5, 5.41) is 0.677. The number of aromatic nitrogens is 4. The maximum atomic E-state index is 12.3. The third kappa shape index (κ3) is 3.24. The monoisotopic (exact) mass is 462 g/mol.